The van der Waals surface area contributed by atoms with Crippen LogP contribution in [0.4, 0.5) is 5.00 Å². The average molecular weight is 426 g/mol. The first kappa shape index (κ1) is 19.7. The van der Waals surface area contributed by atoms with Gasteiger partial charge in [0, 0.05) is 28.0 Å². The molecule has 0 atom stereocenters. The second-order valence-corrected chi connectivity index (χ2v) is 8.72. The van der Waals surface area contributed by atoms with Crippen LogP contribution in [-0.2, 0) is 19.4 Å². The first-order valence-electron chi connectivity index (χ1n) is 9.64. The molecule has 2 heterocycles. The lowest BCUT2D eigenvalue weighted by atomic mass is 9.96. The summed E-state index contributed by atoms with van der Waals surface area (Å²) in [4.78, 5) is 27.3. The van der Waals surface area contributed by atoms with Crippen molar-refractivity contribution in [2.75, 3.05) is 5.32 Å². The number of carbonyl (C=O) groups excluding carboxylic acids is 1. The van der Waals surface area contributed by atoms with Gasteiger partial charge in [0.25, 0.3) is 5.91 Å². The van der Waals surface area contributed by atoms with Gasteiger partial charge in [-0.25, -0.2) is 0 Å². The van der Waals surface area contributed by atoms with Crippen LogP contribution in [-0.4, -0.2) is 10.5 Å². The van der Waals surface area contributed by atoms with E-state index in [-0.39, 0.29) is 11.0 Å². The Morgan fingerprint density at radius 1 is 1.34 bits per heavy atom. The van der Waals surface area contributed by atoms with Crippen LogP contribution in [0, 0.1) is 18.3 Å². The van der Waals surface area contributed by atoms with Crippen molar-refractivity contribution in [2.45, 2.75) is 46.1 Å². The molecule has 1 aliphatic carbocycles. The van der Waals surface area contributed by atoms with Crippen molar-refractivity contribution >= 4 is 44.7 Å². The topological polar surface area (TPSA) is 74.9 Å². The van der Waals surface area contributed by atoms with E-state index in [2.05, 4.69) is 11.4 Å². The van der Waals surface area contributed by atoms with Gasteiger partial charge >= 0.3 is 0 Å². The highest BCUT2D eigenvalue weighted by Gasteiger charge is 2.24. The normalized spacial score (nSPS) is 13.2. The van der Waals surface area contributed by atoms with E-state index in [0.29, 0.717) is 27.5 Å². The van der Waals surface area contributed by atoms with Crippen LogP contribution in [0.5, 0.6) is 0 Å². The zero-order valence-electron chi connectivity index (χ0n) is 16.3. The zero-order valence-corrected chi connectivity index (χ0v) is 17.8. The number of hydrogen-bond acceptors (Lipinski definition) is 4. The fourth-order valence-corrected chi connectivity index (χ4v) is 5.39. The van der Waals surface area contributed by atoms with E-state index in [9.17, 15) is 14.9 Å². The van der Waals surface area contributed by atoms with Gasteiger partial charge in [-0.05, 0) is 62.8 Å². The number of halogens is 1. The number of aryl methyl sites for hydroxylation is 3. The van der Waals surface area contributed by atoms with Crippen molar-refractivity contribution < 1.29 is 4.79 Å². The average Bonchev–Trinajstić information content (AvgIpc) is 3.07. The molecule has 2 aromatic heterocycles. The number of pyridine rings is 1. The number of nitrogens with one attached hydrogen (secondary N) is 1. The predicted octanol–water partition coefficient (Wildman–Crippen LogP) is 5.05. The lowest BCUT2D eigenvalue weighted by molar-refractivity contribution is 0.102. The summed E-state index contributed by atoms with van der Waals surface area (Å²) >= 11 is 7.69. The van der Waals surface area contributed by atoms with Crippen LogP contribution in [0.25, 0.3) is 10.9 Å². The molecule has 1 N–H and O–H groups in total. The fourth-order valence-electron chi connectivity index (χ4n) is 4.01. The molecule has 7 heteroatoms. The van der Waals surface area contributed by atoms with Crippen LogP contribution in [0.15, 0.2) is 23.1 Å². The molecule has 148 valence electrons. The molecule has 29 heavy (non-hydrogen) atoms. The number of carbonyl (C=O) groups is 1. The molecule has 0 saturated heterocycles. The van der Waals surface area contributed by atoms with Crippen molar-refractivity contribution in [3.63, 3.8) is 0 Å². The molecule has 1 aliphatic rings. The molecule has 0 spiro atoms. The summed E-state index contributed by atoms with van der Waals surface area (Å²) in [6.07, 6.45) is 5.54. The van der Waals surface area contributed by atoms with E-state index >= 15 is 0 Å². The molecule has 4 rings (SSSR count). The van der Waals surface area contributed by atoms with Gasteiger partial charge in [0.1, 0.15) is 16.6 Å². The zero-order chi connectivity index (χ0) is 20.7. The van der Waals surface area contributed by atoms with Crippen LogP contribution in [0.1, 0.15) is 51.7 Å². The Morgan fingerprint density at radius 3 is 2.83 bits per heavy atom. The van der Waals surface area contributed by atoms with Crippen molar-refractivity contribution in [3.05, 3.63) is 60.7 Å². The van der Waals surface area contributed by atoms with Crippen molar-refractivity contribution in [1.29, 1.82) is 5.26 Å². The molecule has 0 fully saturated rings. The Labute approximate surface area is 177 Å². The number of fused-ring (bicyclic) bond motifs is 2. The number of hydrogen-bond donors (Lipinski definition) is 1. The number of nitriles is 1. The Bertz CT molecular complexity index is 1250. The van der Waals surface area contributed by atoms with Gasteiger partial charge in [-0.3, -0.25) is 9.59 Å². The smallest absolute Gasteiger partial charge is 0.261 e. The summed E-state index contributed by atoms with van der Waals surface area (Å²) in [5.74, 6) is -0.484. The van der Waals surface area contributed by atoms with Gasteiger partial charge in [0.05, 0.1) is 11.1 Å². The monoisotopic (exact) mass is 425 g/mol. The number of nitrogens with zero attached hydrogens (tertiary/aromatic N) is 2. The standard InChI is InChI=1S/C22H20ClN3O2S/c1-3-26-11-16(20(27)14-8-9-17(23)12(2)19(14)26)21(28)25-22-15(10-24)13-6-4-5-7-18(13)29-22/h8-9,11H,3-7H2,1-2H3,(H,25,28). The van der Waals surface area contributed by atoms with Gasteiger partial charge in [0.2, 0.25) is 5.43 Å². The quantitative estimate of drug-likeness (QED) is 0.638. The fraction of sp³-hybridized carbons (Fsp3) is 0.318. The van der Waals surface area contributed by atoms with E-state index < -0.39 is 5.91 Å². The molecule has 1 amide bonds. The first-order valence-corrected chi connectivity index (χ1v) is 10.8. The third-order valence-electron chi connectivity index (χ3n) is 5.52. The third-order valence-corrected chi connectivity index (χ3v) is 7.14. The summed E-state index contributed by atoms with van der Waals surface area (Å²) in [7, 11) is 0. The van der Waals surface area contributed by atoms with Gasteiger partial charge in [-0.2, -0.15) is 5.26 Å². The van der Waals surface area contributed by atoms with E-state index in [1.165, 1.54) is 11.3 Å². The van der Waals surface area contributed by atoms with Gasteiger partial charge in [-0.15, -0.1) is 11.3 Å². The van der Waals surface area contributed by atoms with Crippen LogP contribution < -0.4 is 10.7 Å². The van der Waals surface area contributed by atoms with Gasteiger partial charge in [-0.1, -0.05) is 11.6 Å². The lowest BCUT2D eigenvalue weighted by Crippen LogP contribution is -2.24. The molecule has 1 aromatic carbocycles. The van der Waals surface area contributed by atoms with E-state index in [4.69, 9.17) is 11.6 Å². The van der Waals surface area contributed by atoms with Crippen molar-refractivity contribution in [3.8, 4) is 6.07 Å². The number of thiophene rings is 1. The summed E-state index contributed by atoms with van der Waals surface area (Å²) < 4.78 is 1.87. The van der Waals surface area contributed by atoms with E-state index in [0.717, 1.165) is 47.2 Å². The van der Waals surface area contributed by atoms with Crippen LogP contribution >= 0.6 is 22.9 Å². The van der Waals surface area contributed by atoms with E-state index in [1.807, 2.05) is 18.4 Å². The summed E-state index contributed by atoms with van der Waals surface area (Å²) in [6.45, 7) is 4.41. The highest BCUT2D eigenvalue weighted by atomic mass is 35.5. The minimum atomic E-state index is -0.484. The van der Waals surface area contributed by atoms with E-state index in [1.54, 1.807) is 18.3 Å². The maximum atomic E-state index is 13.1. The van der Waals surface area contributed by atoms with Gasteiger partial charge in [0.15, 0.2) is 0 Å². The molecule has 0 bridgehead atoms. The first-order chi connectivity index (χ1) is 14.0. The Balaban J connectivity index is 1.80. The second-order valence-electron chi connectivity index (χ2n) is 7.21. The molecular formula is C22H20ClN3O2S. The molecule has 0 radical (unpaired) electrons. The predicted molar refractivity (Wildman–Crippen MR) is 117 cm³/mol. The molecule has 0 aliphatic heterocycles. The van der Waals surface area contributed by atoms with Crippen LogP contribution in [0.3, 0.4) is 0 Å². The maximum absolute atomic E-state index is 13.1. The minimum Gasteiger partial charge on any atom is -0.346 e. The number of aromatic nitrogens is 1. The third kappa shape index (κ3) is 3.25. The SMILES string of the molecule is CCn1cc(C(=O)Nc2sc3c(c2C#N)CCCC3)c(=O)c2ccc(Cl)c(C)c21. The summed E-state index contributed by atoms with van der Waals surface area (Å²) in [5, 5.41) is 14.0. The lowest BCUT2D eigenvalue weighted by Gasteiger charge is -2.14. The number of amides is 1. The maximum Gasteiger partial charge on any atom is 0.261 e. The van der Waals surface area contributed by atoms with Crippen molar-refractivity contribution in [1.82, 2.24) is 4.57 Å². The summed E-state index contributed by atoms with van der Waals surface area (Å²) in [6, 6.07) is 5.59. The Kier molecular flexibility index (Phi) is 5.20. The second kappa shape index (κ2) is 7.66. The Hall–Kier alpha value is -2.62. The highest BCUT2D eigenvalue weighted by Crippen LogP contribution is 2.37. The molecule has 0 unspecified atom stereocenters. The molecule has 5 nitrogen and oxygen atoms in total. The summed E-state index contributed by atoms with van der Waals surface area (Å²) in [5.41, 5.74) is 2.88. The molecular weight excluding hydrogens is 406 g/mol. The van der Waals surface area contributed by atoms with Crippen LogP contribution in [0.2, 0.25) is 5.02 Å². The number of rotatable bonds is 3. The Morgan fingerprint density at radius 2 is 2.10 bits per heavy atom. The number of benzene rings is 1. The van der Waals surface area contributed by atoms with Gasteiger partial charge < -0.3 is 9.88 Å². The largest absolute Gasteiger partial charge is 0.346 e. The highest BCUT2D eigenvalue weighted by molar-refractivity contribution is 7.16. The van der Waals surface area contributed by atoms with Crippen molar-refractivity contribution in [2.24, 2.45) is 0 Å². The number of anilines is 1. The minimum absolute atomic E-state index is 0.0661. The molecule has 0 saturated carbocycles. The molecule has 3 aromatic rings.